The molecule has 2 saturated heterocycles. The Labute approximate surface area is 217 Å². The van der Waals surface area contributed by atoms with Crippen molar-refractivity contribution in [3.8, 4) is 0 Å². The second kappa shape index (κ2) is 9.24. The van der Waals surface area contributed by atoms with Gasteiger partial charge in [-0.25, -0.2) is 0 Å². The first-order valence-electron chi connectivity index (χ1n) is 12.6. The zero-order valence-electron chi connectivity index (χ0n) is 20.8. The second-order valence-corrected chi connectivity index (χ2v) is 14.9. The predicted molar refractivity (Wildman–Crippen MR) is 140 cm³/mol. The van der Waals surface area contributed by atoms with E-state index < -0.39 is 31.6 Å². The van der Waals surface area contributed by atoms with Crippen molar-refractivity contribution in [2.75, 3.05) is 23.0 Å². The maximum absolute atomic E-state index is 15.6. The van der Waals surface area contributed by atoms with E-state index >= 15 is 4.11 Å². The molecule has 192 valence electrons. The molecule has 6 nitrogen and oxygen atoms in total. The zero-order valence-corrected chi connectivity index (χ0v) is 22.6. The minimum atomic E-state index is -3.24. The fourth-order valence-electron chi connectivity index (χ4n) is 6.46. The van der Waals surface area contributed by atoms with E-state index in [9.17, 15) is 14.7 Å². The Morgan fingerprint density at radius 3 is 2.53 bits per heavy atom. The van der Waals surface area contributed by atoms with Gasteiger partial charge in [0, 0.05) is 47.3 Å². The molecule has 4 atom stereocenters. The van der Waals surface area contributed by atoms with Gasteiger partial charge < -0.3 is 23.8 Å². The number of amides is 2. The summed E-state index contributed by atoms with van der Waals surface area (Å²) >= 11 is 6.38. The van der Waals surface area contributed by atoms with Gasteiger partial charge in [-0.1, -0.05) is 30.7 Å². The van der Waals surface area contributed by atoms with Crippen LogP contribution in [-0.2, 0) is 26.5 Å². The maximum atomic E-state index is 15.6. The third kappa shape index (κ3) is 3.99. The van der Waals surface area contributed by atoms with Gasteiger partial charge in [-0.2, -0.15) is 0 Å². The molecule has 0 unspecified atom stereocenters. The van der Waals surface area contributed by atoms with Crippen molar-refractivity contribution < 1.29 is 23.5 Å². The van der Waals surface area contributed by atoms with Gasteiger partial charge in [0.1, 0.15) is 0 Å². The van der Waals surface area contributed by atoms with Crippen molar-refractivity contribution in [3.05, 3.63) is 58.6 Å². The van der Waals surface area contributed by atoms with E-state index in [2.05, 4.69) is 0 Å². The molecule has 0 saturated carbocycles. The molecule has 5 rings (SSSR count). The predicted octanol–water partition coefficient (Wildman–Crippen LogP) is 5.17. The molecule has 1 spiro atoms. The lowest BCUT2D eigenvalue weighted by Gasteiger charge is -2.31. The van der Waals surface area contributed by atoms with Crippen molar-refractivity contribution >= 4 is 43.2 Å². The van der Waals surface area contributed by atoms with Gasteiger partial charge in [0.05, 0.1) is 18.3 Å². The van der Waals surface area contributed by atoms with Crippen LogP contribution < -0.4 is 9.80 Å². The number of benzene rings is 2. The van der Waals surface area contributed by atoms with E-state index in [1.54, 1.807) is 35.0 Å². The number of anilines is 2. The topological polar surface area (TPSA) is 70.1 Å². The van der Waals surface area contributed by atoms with Crippen LogP contribution in [-0.4, -0.2) is 44.6 Å². The number of rotatable bonds is 6. The van der Waals surface area contributed by atoms with Crippen LogP contribution in [0.15, 0.2) is 42.5 Å². The Morgan fingerprint density at radius 1 is 1.19 bits per heavy atom. The smallest absolute Gasteiger partial charge is 0.264 e. The maximum Gasteiger partial charge on any atom is 0.264 e. The zero-order chi connectivity index (χ0) is 25.8. The number of aliphatic hydroxyl groups excluding tert-OH is 1. The van der Waals surface area contributed by atoms with E-state index in [0.717, 1.165) is 24.2 Å². The third-order valence-corrected chi connectivity index (χ3v) is 10.7. The minimum absolute atomic E-state index is 0.129. The molecule has 3 heterocycles. The lowest BCUT2D eigenvalue weighted by molar-refractivity contribution is -0.146. The van der Waals surface area contributed by atoms with Crippen molar-refractivity contribution in [2.24, 2.45) is 5.92 Å². The molecule has 1 N–H and O–H groups in total. The molecule has 0 aromatic heterocycles. The lowest BCUT2D eigenvalue weighted by Crippen LogP contribution is -2.45. The van der Waals surface area contributed by atoms with Crippen LogP contribution in [0.2, 0.25) is 23.7 Å². The number of carbonyl (C=O) groups excluding carboxylic acids is 2. The summed E-state index contributed by atoms with van der Waals surface area (Å²) in [5, 5.41) is 10.2. The fraction of sp³-hybridized carbons (Fsp3) is 0.481. The number of aliphatic hydroxyl groups is 1. The summed E-state index contributed by atoms with van der Waals surface area (Å²) in [5.74, 6) is -0.516. The lowest BCUT2D eigenvalue weighted by atomic mass is 9.82. The van der Waals surface area contributed by atoms with Crippen LogP contribution in [0.25, 0.3) is 0 Å². The number of hydrogen-bond donors (Lipinski definition) is 1. The van der Waals surface area contributed by atoms with Gasteiger partial charge in [0.25, 0.3) is 5.91 Å². The van der Waals surface area contributed by atoms with Gasteiger partial charge in [-0.3, -0.25) is 9.59 Å². The van der Waals surface area contributed by atoms with Crippen molar-refractivity contribution in [1.82, 2.24) is 0 Å². The van der Waals surface area contributed by atoms with Crippen LogP contribution in [0.4, 0.5) is 15.5 Å². The van der Waals surface area contributed by atoms with Crippen LogP contribution in [0, 0.1) is 5.92 Å². The fourth-order valence-corrected chi connectivity index (χ4v) is 9.17. The Morgan fingerprint density at radius 2 is 1.92 bits per heavy atom. The summed E-state index contributed by atoms with van der Waals surface area (Å²) in [6.45, 7) is 6.07. The summed E-state index contributed by atoms with van der Waals surface area (Å²) in [6, 6.07) is 13.0. The van der Waals surface area contributed by atoms with Gasteiger partial charge in [-0.05, 0) is 61.8 Å². The normalized spacial score (nSPS) is 28.0. The molecule has 2 aromatic rings. The Balaban J connectivity index is 1.50. The van der Waals surface area contributed by atoms with E-state index in [1.807, 2.05) is 37.3 Å². The first-order chi connectivity index (χ1) is 17.1. The van der Waals surface area contributed by atoms with E-state index in [0.29, 0.717) is 29.2 Å². The third-order valence-electron chi connectivity index (χ3n) is 8.00. The molecule has 0 bridgehead atoms. The number of ether oxygens (including phenoxy) is 1. The Kier molecular flexibility index (Phi) is 6.52. The highest BCUT2D eigenvalue weighted by molar-refractivity contribution is 6.72. The van der Waals surface area contributed by atoms with Crippen LogP contribution in [0.3, 0.4) is 0 Å². The number of hydrogen-bond acceptors (Lipinski definition) is 4. The molecule has 3 aliphatic heterocycles. The van der Waals surface area contributed by atoms with Crippen LogP contribution in [0.1, 0.15) is 37.3 Å². The summed E-state index contributed by atoms with van der Waals surface area (Å²) in [5.41, 5.74) is 1.34. The van der Waals surface area contributed by atoms with E-state index in [-0.39, 0.29) is 24.8 Å². The highest BCUT2D eigenvalue weighted by atomic mass is 35.5. The molecule has 2 fully saturated rings. The standard InChI is InChI=1S/C27H32ClFN2O4Si/c1-17-25(36(2,3)29)23(12-14-32)35-27(17)21-15-19(28)8-11-22(21)31(26(27)34)16-18-6-9-20(10-7-18)30-13-4-5-24(30)33/h6-11,15,17,23,25,32H,4-5,12-14,16H2,1-3H3/t17-,23+,25-,27+/m1/s1. The van der Waals surface area contributed by atoms with Gasteiger partial charge >= 0.3 is 0 Å². The quantitative estimate of drug-likeness (QED) is 0.413. The minimum Gasteiger partial charge on any atom is -0.396 e. The van der Waals surface area contributed by atoms with Gasteiger partial charge in [0.2, 0.25) is 14.3 Å². The summed E-state index contributed by atoms with van der Waals surface area (Å²) in [4.78, 5) is 29.8. The number of halogens is 2. The molecule has 0 radical (unpaired) electrons. The van der Waals surface area contributed by atoms with Crippen molar-refractivity contribution in [1.29, 1.82) is 0 Å². The van der Waals surface area contributed by atoms with Crippen molar-refractivity contribution in [2.45, 2.75) is 63.1 Å². The number of carbonyl (C=O) groups is 2. The highest BCUT2D eigenvalue weighted by Crippen LogP contribution is 2.60. The second-order valence-electron chi connectivity index (χ2n) is 10.7. The monoisotopic (exact) mass is 530 g/mol. The molecule has 9 heteroatoms. The molecular formula is C27H32ClFN2O4Si. The van der Waals surface area contributed by atoms with E-state index in [1.165, 1.54) is 0 Å². The highest BCUT2D eigenvalue weighted by Gasteiger charge is 2.66. The first kappa shape index (κ1) is 25.4. The summed E-state index contributed by atoms with van der Waals surface area (Å²) in [6.07, 6.45) is 1.15. The molecule has 0 aliphatic carbocycles. The van der Waals surface area contributed by atoms with Gasteiger partial charge in [-0.15, -0.1) is 0 Å². The average Bonchev–Trinajstić information content (AvgIpc) is 3.44. The Bertz CT molecular complexity index is 1190. The molecule has 36 heavy (non-hydrogen) atoms. The van der Waals surface area contributed by atoms with E-state index in [4.69, 9.17) is 16.3 Å². The van der Waals surface area contributed by atoms with Crippen LogP contribution >= 0.6 is 11.6 Å². The van der Waals surface area contributed by atoms with Gasteiger partial charge in [0.15, 0.2) is 5.60 Å². The summed E-state index contributed by atoms with van der Waals surface area (Å²) < 4.78 is 22.1. The number of nitrogens with zero attached hydrogens (tertiary/aromatic N) is 2. The molecule has 3 aliphatic rings. The summed E-state index contributed by atoms with van der Waals surface area (Å²) in [7, 11) is -3.24. The molecular weight excluding hydrogens is 499 g/mol. The number of fused-ring (bicyclic) bond motifs is 2. The molecule has 2 amide bonds. The average molecular weight is 531 g/mol. The largest absolute Gasteiger partial charge is 0.396 e. The van der Waals surface area contributed by atoms with Crippen LogP contribution in [0.5, 0.6) is 0 Å². The molecule has 2 aromatic carbocycles. The SMILES string of the molecule is C[C@@H]1[C@@H]([Si](C)(C)F)[C@H](CCO)O[C@@]12C(=O)N(Cc1ccc(N3CCCC3=O)cc1)c1ccc(Cl)cc12. The first-order valence-corrected chi connectivity index (χ1v) is 15.9. The Hall–Kier alpha value is -2.26. The van der Waals surface area contributed by atoms with Crippen molar-refractivity contribution in [3.63, 3.8) is 0 Å².